The first-order valence-corrected chi connectivity index (χ1v) is 11.1. The van der Waals surface area contributed by atoms with Crippen molar-refractivity contribution in [3.8, 4) is 5.75 Å². The SMILES string of the molecule is CCNC(=NCCNS(=O)(=O)c1cccc([N+](=O)[O-])c1)N(C)Cc1ccc(OC)cc1. The highest BCUT2D eigenvalue weighted by Crippen LogP contribution is 2.17. The van der Waals surface area contributed by atoms with E-state index in [1.165, 1.54) is 18.2 Å². The zero-order valence-electron chi connectivity index (χ0n) is 17.7. The second-order valence-electron chi connectivity index (χ2n) is 6.59. The highest BCUT2D eigenvalue weighted by atomic mass is 32.2. The smallest absolute Gasteiger partial charge is 0.270 e. The van der Waals surface area contributed by atoms with Gasteiger partial charge in [0.1, 0.15) is 5.75 Å². The van der Waals surface area contributed by atoms with E-state index in [1.807, 2.05) is 43.1 Å². The lowest BCUT2D eigenvalue weighted by Crippen LogP contribution is -2.39. The molecule has 0 amide bonds. The first-order chi connectivity index (χ1) is 14.8. The Morgan fingerprint density at radius 2 is 1.94 bits per heavy atom. The fourth-order valence-electron chi connectivity index (χ4n) is 2.74. The number of hydrogen-bond acceptors (Lipinski definition) is 6. The minimum atomic E-state index is -3.87. The molecule has 2 aromatic rings. The van der Waals surface area contributed by atoms with Crippen LogP contribution in [0, 0.1) is 10.1 Å². The largest absolute Gasteiger partial charge is 0.497 e. The molecule has 0 unspecified atom stereocenters. The summed E-state index contributed by atoms with van der Waals surface area (Å²) in [4.78, 5) is 16.5. The highest BCUT2D eigenvalue weighted by Gasteiger charge is 2.17. The van der Waals surface area contributed by atoms with E-state index < -0.39 is 14.9 Å². The van der Waals surface area contributed by atoms with Crippen LogP contribution in [0.5, 0.6) is 5.75 Å². The molecule has 0 heterocycles. The van der Waals surface area contributed by atoms with E-state index in [2.05, 4.69) is 15.0 Å². The third-order valence-corrected chi connectivity index (χ3v) is 5.74. The molecule has 2 aromatic carbocycles. The zero-order chi connectivity index (χ0) is 22.9. The van der Waals surface area contributed by atoms with Crippen molar-refractivity contribution >= 4 is 21.7 Å². The number of hydrogen-bond donors (Lipinski definition) is 2. The Bertz CT molecular complexity index is 1010. The number of methoxy groups -OCH3 is 1. The third kappa shape index (κ3) is 7.23. The summed E-state index contributed by atoms with van der Waals surface area (Å²) in [6.45, 7) is 3.46. The molecule has 0 fully saturated rings. The van der Waals surface area contributed by atoms with E-state index in [-0.39, 0.29) is 23.7 Å². The summed E-state index contributed by atoms with van der Waals surface area (Å²) in [5, 5.41) is 14.0. The van der Waals surface area contributed by atoms with E-state index in [0.29, 0.717) is 19.0 Å². The van der Waals surface area contributed by atoms with Crippen LogP contribution in [-0.4, -0.2) is 58.0 Å². The Kier molecular flexibility index (Phi) is 8.76. The molecule has 168 valence electrons. The number of guanidine groups is 1. The number of aliphatic imine (C=N–C) groups is 1. The van der Waals surface area contributed by atoms with E-state index in [0.717, 1.165) is 17.4 Å². The maximum Gasteiger partial charge on any atom is 0.270 e. The van der Waals surface area contributed by atoms with E-state index in [4.69, 9.17) is 4.74 Å². The number of nitrogens with zero attached hydrogens (tertiary/aromatic N) is 3. The van der Waals surface area contributed by atoms with Crippen molar-refractivity contribution in [2.45, 2.75) is 18.4 Å². The van der Waals surface area contributed by atoms with Gasteiger partial charge in [-0.2, -0.15) is 0 Å². The Morgan fingerprint density at radius 3 is 2.55 bits per heavy atom. The van der Waals surface area contributed by atoms with Crippen molar-refractivity contribution in [1.82, 2.24) is 14.9 Å². The van der Waals surface area contributed by atoms with Crippen LogP contribution in [0.1, 0.15) is 12.5 Å². The zero-order valence-corrected chi connectivity index (χ0v) is 18.6. The fraction of sp³-hybridized carbons (Fsp3) is 0.350. The predicted octanol–water partition coefficient (Wildman–Crippen LogP) is 1.98. The molecular formula is C20H27N5O5S. The second kappa shape index (κ2) is 11.3. The summed E-state index contributed by atoms with van der Waals surface area (Å²) in [5.41, 5.74) is 0.788. The lowest BCUT2D eigenvalue weighted by molar-refractivity contribution is -0.385. The topological polar surface area (TPSA) is 126 Å². The van der Waals surface area contributed by atoms with Crippen LogP contribution >= 0.6 is 0 Å². The molecule has 10 nitrogen and oxygen atoms in total. The van der Waals surface area contributed by atoms with Gasteiger partial charge in [0.2, 0.25) is 10.0 Å². The van der Waals surface area contributed by atoms with Crippen LogP contribution in [0.4, 0.5) is 5.69 Å². The van der Waals surface area contributed by atoms with Gasteiger partial charge in [-0.15, -0.1) is 0 Å². The summed E-state index contributed by atoms with van der Waals surface area (Å²) in [6, 6.07) is 12.6. The molecule has 0 saturated heterocycles. The maximum atomic E-state index is 12.4. The standard InChI is InChI=1S/C20H27N5O5S/c1-4-21-20(24(2)15-16-8-10-18(30-3)11-9-16)22-12-13-23-31(28,29)19-7-5-6-17(14-19)25(26)27/h5-11,14,23H,4,12-13,15H2,1-3H3,(H,21,22). The number of nitro benzene ring substituents is 1. The van der Waals surface area contributed by atoms with Gasteiger partial charge in [-0.05, 0) is 30.7 Å². The summed E-state index contributed by atoms with van der Waals surface area (Å²) in [7, 11) is -0.368. The van der Waals surface area contributed by atoms with E-state index in [9.17, 15) is 18.5 Å². The minimum absolute atomic E-state index is 0.0519. The molecule has 0 aliphatic heterocycles. The minimum Gasteiger partial charge on any atom is -0.497 e. The van der Waals surface area contributed by atoms with E-state index in [1.54, 1.807) is 7.11 Å². The average Bonchev–Trinajstić information content (AvgIpc) is 2.76. The summed E-state index contributed by atoms with van der Waals surface area (Å²) in [5.74, 6) is 1.41. The first-order valence-electron chi connectivity index (χ1n) is 9.63. The average molecular weight is 450 g/mol. The first kappa shape index (κ1) is 24.1. The molecule has 0 aliphatic rings. The van der Waals surface area contributed by atoms with Gasteiger partial charge < -0.3 is 15.0 Å². The quantitative estimate of drug-likeness (QED) is 0.187. The van der Waals surface area contributed by atoms with Crippen LogP contribution in [0.2, 0.25) is 0 Å². The van der Waals surface area contributed by atoms with Crippen LogP contribution in [0.3, 0.4) is 0 Å². The molecule has 2 rings (SSSR count). The molecule has 2 N–H and O–H groups in total. The van der Waals surface area contributed by atoms with Gasteiger partial charge in [0.15, 0.2) is 5.96 Å². The van der Waals surface area contributed by atoms with Crippen molar-refractivity contribution < 1.29 is 18.1 Å². The van der Waals surface area contributed by atoms with Gasteiger partial charge in [-0.1, -0.05) is 18.2 Å². The number of ether oxygens (including phenoxy) is 1. The summed E-state index contributed by atoms with van der Waals surface area (Å²) in [6.07, 6.45) is 0. The van der Waals surface area contributed by atoms with Crippen LogP contribution in [0.15, 0.2) is 58.4 Å². The molecule has 0 radical (unpaired) electrons. The number of non-ortho nitro benzene ring substituents is 1. The number of rotatable bonds is 10. The lowest BCUT2D eigenvalue weighted by Gasteiger charge is -2.22. The number of sulfonamides is 1. The predicted molar refractivity (Wildman–Crippen MR) is 119 cm³/mol. The molecule has 31 heavy (non-hydrogen) atoms. The van der Waals surface area contributed by atoms with Gasteiger partial charge in [0, 0.05) is 38.8 Å². The molecule has 0 bridgehead atoms. The Morgan fingerprint density at radius 1 is 1.23 bits per heavy atom. The molecule has 11 heteroatoms. The second-order valence-corrected chi connectivity index (χ2v) is 8.36. The highest BCUT2D eigenvalue weighted by molar-refractivity contribution is 7.89. The molecule has 0 atom stereocenters. The summed E-state index contributed by atoms with van der Waals surface area (Å²) < 4.78 is 32.4. The van der Waals surface area contributed by atoms with Crippen molar-refractivity contribution in [3.05, 3.63) is 64.2 Å². The van der Waals surface area contributed by atoms with Crippen LogP contribution < -0.4 is 14.8 Å². The van der Waals surface area contributed by atoms with Crippen molar-refractivity contribution in [3.63, 3.8) is 0 Å². The molecule has 0 aromatic heterocycles. The normalized spacial score (nSPS) is 11.8. The van der Waals surface area contributed by atoms with Crippen LogP contribution in [0.25, 0.3) is 0 Å². The lowest BCUT2D eigenvalue weighted by atomic mass is 10.2. The van der Waals surface area contributed by atoms with Crippen molar-refractivity contribution in [1.29, 1.82) is 0 Å². The van der Waals surface area contributed by atoms with E-state index >= 15 is 0 Å². The third-order valence-electron chi connectivity index (χ3n) is 4.28. The molecule has 0 aliphatic carbocycles. The Labute approximate surface area is 182 Å². The molecule has 0 spiro atoms. The monoisotopic (exact) mass is 449 g/mol. The van der Waals surface area contributed by atoms with Gasteiger partial charge in [-0.3, -0.25) is 15.1 Å². The Hall–Kier alpha value is -3.18. The molecule has 0 saturated carbocycles. The van der Waals surface area contributed by atoms with Gasteiger partial charge in [0.05, 0.1) is 23.5 Å². The number of nitro groups is 1. The van der Waals surface area contributed by atoms with Crippen LogP contribution in [-0.2, 0) is 16.6 Å². The number of nitrogens with one attached hydrogen (secondary N) is 2. The molecular weight excluding hydrogens is 422 g/mol. The van der Waals surface area contributed by atoms with Crippen molar-refractivity contribution in [2.24, 2.45) is 4.99 Å². The van der Waals surface area contributed by atoms with Gasteiger partial charge in [-0.25, -0.2) is 13.1 Å². The summed E-state index contributed by atoms with van der Waals surface area (Å²) >= 11 is 0. The maximum absolute atomic E-state index is 12.4. The fourth-order valence-corrected chi connectivity index (χ4v) is 3.80. The van der Waals surface area contributed by atoms with Gasteiger partial charge >= 0.3 is 0 Å². The van der Waals surface area contributed by atoms with Gasteiger partial charge in [0.25, 0.3) is 5.69 Å². The van der Waals surface area contributed by atoms with Crippen molar-refractivity contribution in [2.75, 3.05) is 33.8 Å². The Balaban J connectivity index is 1.98. The number of benzene rings is 2.